The summed E-state index contributed by atoms with van der Waals surface area (Å²) < 4.78 is 50.9. The number of unbranched alkanes of at least 4 members (excludes halogenated alkanes) is 2. The number of hydrogen-bond acceptors (Lipinski definition) is 11. The summed E-state index contributed by atoms with van der Waals surface area (Å²) in [5, 5.41) is 12.6. The first-order valence-electron chi connectivity index (χ1n) is 23.7. The molecule has 4 aliphatic rings. The number of ether oxygens (including phenoxy) is 2. The van der Waals surface area contributed by atoms with Gasteiger partial charge in [0.1, 0.15) is 12.3 Å². The third kappa shape index (κ3) is 9.80. The number of nitrogens with one attached hydrogen (secondary N) is 3. The van der Waals surface area contributed by atoms with Gasteiger partial charge in [0.2, 0.25) is 17.7 Å². The fourth-order valence-corrected chi connectivity index (χ4v) is 9.94. The average molecular weight is 932 g/mol. The predicted octanol–water partition coefficient (Wildman–Crippen LogP) is 7.01. The van der Waals surface area contributed by atoms with Gasteiger partial charge in [0, 0.05) is 55.8 Å². The SMILES string of the molecule is Cn1c(=O)n(C2CCC(=O)NC2=O)c2ccc(CCCCCC3COC4C(CNCc5ccc(-n6cc(NC(=O)c7coc(-c8ccnc(CCC9CC9)c8)n7)c(C(F)F)n6)cc5)COC34)cc21. The first kappa shape index (κ1) is 45.4. The summed E-state index contributed by atoms with van der Waals surface area (Å²) in [6.45, 7) is 2.63. The van der Waals surface area contributed by atoms with E-state index in [-0.39, 0.29) is 53.4 Å². The molecule has 2 aromatic carbocycles. The van der Waals surface area contributed by atoms with Crippen LogP contribution in [0.2, 0.25) is 0 Å². The summed E-state index contributed by atoms with van der Waals surface area (Å²) in [4.78, 5) is 59.3. The highest BCUT2D eigenvalue weighted by molar-refractivity contribution is 6.03. The van der Waals surface area contributed by atoms with Crippen molar-refractivity contribution < 1.29 is 37.1 Å². The molecule has 3 N–H and O–H groups in total. The van der Waals surface area contributed by atoms with Gasteiger partial charge in [-0.2, -0.15) is 5.10 Å². The number of aromatic nitrogens is 6. The van der Waals surface area contributed by atoms with Crippen LogP contribution >= 0.6 is 0 Å². The van der Waals surface area contributed by atoms with Crippen LogP contribution in [0.1, 0.15) is 103 Å². The lowest BCUT2D eigenvalue weighted by molar-refractivity contribution is -0.135. The van der Waals surface area contributed by atoms with Gasteiger partial charge in [-0.05, 0) is 92.0 Å². The number of amides is 3. The number of halogens is 2. The van der Waals surface area contributed by atoms with E-state index in [4.69, 9.17) is 13.9 Å². The van der Waals surface area contributed by atoms with E-state index in [9.17, 15) is 28.0 Å². The van der Waals surface area contributed by atoms with Crippen molar-refractivity contribution in [2.45, 2.75) is 102 Å². The number of piperidine rings is 1. The number of rotatable bonds is 19. The standard InChI is InChI=1S/C50H55F2N9O7/c1-59-41-21-30(12-16-39(41)61(50(59)65)40-17-18-42(62)57-48(40)64)5-3-2-4-6-33-26-66-45-34(27-67-44(33)45)24-53-23-31-10-14-36(15-11-31)60-25-37(43(58-60)46(51)52)55-47(63)38-28-68-49(56-38)32-19-20-54-35(22-32)13-9-29-7-8-29/h10-12,14-16,19-22,25,28-29,33-34,40,44-46,53H,2-9,13,17-18,23-24,26-27H2,1H3,(H,55,63)(H,57,62,64). The number of carbonyl (C=O) groups excluding carboxylic acids is 3. The lowest BCUT2D eigenvalue weighted by Gasteiger charge is -2.21. The van der Waals surface area contributed by atoms with Crippen LogP contribution in [0.4, 0.5) is 14.5 Å². The number of pyridine rings is 1. The highest BCUT2D eigenvalue weighted by Crippen LogP contribution is 2.37. The topological polar surface area (TPSA) is 189 Å². The van der Waals surface area contributed by atoms with Gasteiger partial charge < -0.3 is 24.5 Å². The highest BCUT2D eigenvalue weighted by Gasteiger charge is 2.46. The number of aryl methyl sites for hydroxylation is 3. The molecular formula is C50H55F2N9O7. The Hall–Kier alpha value is -6.37. The van der Waals surface area contributed by atoms with E-state index in [0.29, 0.717) is 48.9 Å². The van der Waals surface area contributed by atoms with E-state index in [1.807, 2.05) is 36.4 Å². The zero-order chi connectivity index (χ0) is 46.9. The molecule has 1 aliphatic carbocycles. The molecule has 18 heteroatoms. The lowest BCUT2D eigenvalue weighted by atomic mass is 9.92. The smallest absolute Gasteiger partial charge is 0.329 e. The molecule has 5 atom stereocenters. The van der Waals surface area contributed by atoms with Crippen molar-refractivity contribution in [1.29, 1.82) is 0 Å². The molecule has 10 rings (SSSR count). The molecule has 3 amide bonds. The molecule has 16 nitrogen and oxygen atoms in total. The van der Waals surface area contributed by atoms with Crippen molar-refractivity contribution in [1.82, 2.24) is 39.5 Å². The van der Waals surface area contributed by atoms with Crippen molar-refractivity contribution >= 4 is 34.4 Å². The number of fused-ring (bicyclic) bond motifs is 2. The summed E-state index contributed by atoms with van der Waals surface area (Å²) in [5.41, 5.74) is 4.79. The van der Waals surface area contributed by atoms with E-state index in [1.165, 1.54) is 34.6 Å². The second-order valence-electron chi connectivity index (χ2n) is 18.7. The van der Waals surface area contributed by atoms with Gasteiger partial charge >= 0.3 is 5.69 Å². The Morgan fingerprint density at radius 2 is 1.69 bits per heavy atom. The Balaban J connectivity index is 0.662. The molecule has 3 aliphatic heterocycles. The fourth-order valence-electron chi connectivity index (χ4n) is 9.94. The number of hydrogen-bond donors (Lipinski definition) is 3. The van der Waals surface area contributed by atoms with E-state index >= 15 is 0 Å². The molecule has 6 aromatic rings. The fraction of sp³-hybridized carbons (Fsp3) is 0.460. The molecule has 0 radical (unpaired) electrons. The van der Waals surface area contributed by atoms with Crippen LogP contribution in [-0.4, -0.2) is 78.6 Å². The van der Waals surface area contributed by atoms with Crippen LogP contribution in [0, 0.1) is 17.8 Å². The van der Waals surface area contributed by atoms with E-state index < -0.39 is 30.0 Å². The number of carbonyl (C=O) groups is 3. The number of oxazole rings is 1. The van der Waals surface area contributed by atoms with Gasteiger partial charge in [0.25, 0.3) is 12.3 Å². The Bertz CT molecular complexity index is 2870. The normalized spacial score (nSPS) is 21.5. The number of imidazole rings is 1. The zero-order valence-electron chi connectivity index (χ0n) is 37.9. The summed E-state index contributed by atoms with van der Waals surface area (Å²) in [6, 6.07) is 16.3. The van der Waals surface area contributed by atoms with Gasteiger partial charge in [0.15, 0.2) is 11.4 Å². The third-order valence-electron chi connectivity index (χ3n) is 13.9. The molecule has 0 bridgehead atoms. The molecule has 68 heavy (non-hydrogen) atoms. The minimum Gasteiger partial charge on any atom is -0.444 e. The molecule has 4 fully saturated rings. The number of imide groups is 1. The van der Waals surface area contributed by atoms with Crippen LogP contribution in [0.15, 0.2) is 82.5 Å². The molecule has 4 aromatic heterocycles. The monoisotopic (exact) mass is 931 g/mol. The van der Waals surface area contributed by atoms with Crippen LogP contribution in [0.5, 0.6) is 0 Å². The first-order chi connectivity index (χ1) is 33.1. The Kier molecular flexibility index (Phi) is 13.2. The Morgan fingerprint density at radius 1 is 0.897 bits per heavy atom. The Morgan fingerprint density at radius 3 is 2.49 bits per heavy atom. The van der Waals surface area contributed by atoms with Crippen LogP contribution < -0.4 is 21.6 Å². The van der Waals surface area contributed by atoms with E-state index in [0.717, 1.165) is 79.7 Å². The van der Waals surface area contributed by atoms with Gasteiger partial charge in [-0.3, -0.25) is 33.8 Å². The second-order valence-corrected chi connectivity index (χ2v) is 18.7. The first-order valence-corrected chi connectivity index (χ1v) is 23.7. The quantitative estimate of drug-likeness (QED) is 0.0560. The van der Waals surface area contributed by atoms with Gasteiger partial charge in [-0.1, -0.05) is 43.9 Å². The third-order valence-corrected chi connectivity index (χ3v) is 13.9. The lowest BCUT2D eigenvalue weighted by Crippen LogP contribution is -2.44. The van der Waals surface area contributed by atoms with Crippen molar-refractivity contribution in [3.05, 3.63) is 112 Å². The summed E-state index contributed by atoms with van der Waals surface area (Å²) in [7, 11) is 1.71. The number of nitrogens with zero attached hydrogens (tertiary/aromatic N) is 6. The van der Waals surface area contributed by atoms with Crippen molar-refractivity contribution in [2.75, 3.05) is 25.1 Å². The van der Waals surface area contributed by atoms with Crippen LogP contribution in [0.25, 0.3) is 28.2 Å². The maximum Gasteiger partial charge on any atom is 0.329 e. The molecular weight excluding hydrogens is 877 g/mol. The molecule has 356 valence electrons. The maximum absolute atomic E-state index is 14.2. The number of benzene rings is 2. The minimum absolute atomic E-state index is 0.0431. The Labute approximate surface area is 390 Å². The largest absolute Gasteiger partial charge is 0.444 e. The highest BCUT2D eigenvalue weighted by atomic mass is 19.3. The van der Waals surface area contributed by atoms with Crippen LogP contribution in [0.3, 0.4) is 0 Å². The molecule has 5 unspecified atom stereocenters. The second kappa shape index (κ2) is 19.7. The minimum atomic E-state index is -2.93. The molecule has 0 spiro atoms. The van der Waals surface area contributed by atoms with Crippen molar-refractivity contribution in [3.8, 4) is 17.1 Å². The summed E-state index contributed by atoms with van der Waals surface area (Å²) >= 11 is 0. The van der Waals surface area contributed by atoms with E-state index in [2.05, 4.69) is 31.0 Å². The molecule has 1 saturated carbocycles. The molecule has 3 saturated heterocycles. The van der Waals surface area contributed by atoms with Gasteiger partial charge in [0.05, 0.1) is 54.0 Å². The summed E-state index contributed by atoms with van der Waals surface area (Å²) in [5.74, 6) is 0.147. The predicted molar refractivity (Wildman–Crippen MR) is 246 cm³/mol. The summed E-state index contributed by atoms with van der Waals surface area (Å²) in [6.07, 6.45) is 11.5. The maximum atomic E-state index is 14.2. The zero-order valence-corrected chi connectivity index (χ0v) is 37.9. The van der Waals surface area contributed by atoms with Gasteiger partial charge in [-0.25, -0.2) is 23.2 Å². The number of anilines is 1. The number of alkyl halides is 2. The van der Waals surface area contributed by atoms with Gasteiger partial charge in [-0.15, -0.1) is 0 Å². The average Bonchev–Trinajstić information content (AvgIpc) is 3.72. The molecule has 7 heterocycles. The van der Waals surface area contributed by atoms with Crippen molar-refractivity contribution in [2.24, 2.45) is 24.8 Å². The van der Waals surface area contributed by atoms with E-state index in [1.54, 1.807) is 36.0 Å². The van der Waals surface area contributed by atoms with Crippen molar-refractivity contribution in [3.63, 3.8) is 0 Å². The van der Waals surface area contributed by atoms with Crippen LogP contribution in [-0.2, 0) is 45.5 Å².